The number of ether oxygens (including phenoxy) is 3. The van der Waals surface area contributed by atoms with Crippen molar-refractivity contribution in [3.05, 3.63) is 12.2 Å². The Balaban J connectivity index is 4.31. The summed E-state index contributed by atoms with van der Waals surface area (Å²) in [6.45, 7) is 6.68. The van der Waals surface area contributed by atoms with E-state index in [0.717, 1.165) is 57.8 Å². The second-order valence-electron chi connectivity index (χ2n) is 19.2. The molecule has 0 heterocycles. The number of unbranched alkanes of at least 4 members (excludes halogenated alkanes) is 39. The molecule has 0 radical (unpaired) electrons. The van der Waals surface area contributed by atoms with Crippen LogP contribution < -0.4 is 0 Å². The Hall–Kier alpha value is -1.85. The standard InChI is InChI=1S/C57H108O6/c1-4-7-10-13-16-19-22-25-28-29-30-33-35-38-41-44-47-50-56(59)62-53-54(63-57(60)51-48-45-42-39-36-32-27-24-21-18-15-12-9-6-3)52-61-55(58)49-46-43-40-37-34-31-26-23-20-17-14-11-8-5-2/h25,28,54H,4-24,26-27,29-53H2,1-3H3/b28-25+/t54-/m1/s1. The number of allylic oxidation sites excluding steroid dienone is 2. The Bertz CT molecular complexity index is 978. The predicted molar refractivity (Wildman–Crippen MR) is 270 cm³/mol. The van der Waals surface area contributed by atoms with Crippen molar-refractivity contribution >= 4 is 17.9 Å². The molecule has 0 saturated heterocycles. The smallest absolute Gasteiger partial charge is 0.306 e. The van der Waals surface area contributed by atoms with E-state index in [0.29, 0.717) is 19.3 Å². The molecule has 0 aromatic rings. The van der Waals surface area contributed by atoms with Crippen LogP contribution in [0.15, 0.2) is 12.2 Å². The van der Waals surface area contributed by atoms with Crippen LogP contribution in [0.5, 0.6) is 0 Å². The van der Waals surface area contributed by atoms with Crippen LogP contribution in [0.3, 0.4) is 0 Å². The first-order valence-corrected chi connectivity index (χ1v) is 28.2. The van der Waals surface area contributed by atoms with Crippen LogP contribution in [0, 0.1) is 0 Å². The van der Waals surface area contributed by atoms with Gasteiger partial charge < -0.3 is 14.2 Å². The maximum Gasteiger partial charge on any atom is 0.306 e. The highest BCUT2D eigenvalue weighted by Crippen LogP contribution is 2.17. The fourth-order valence-electron chi connectivity index (χ4n) is 8.50. The topological polar surface area (TPSA) is 78.9 Å². The van der Waals surface area contributed by atoms with E-state index in [2.05, 4.69) is 32.9 Å². The van der Waals surface area contributed by atoms with Crippen molar-refractivity contribution in [3.63, 3.8) is 0 Å². The van der Waals surface area contributed by atoms with Gasteiger partial charge in [-0.25, -0.2) is 0 Å². The minimum atomic E-state index is -0.765. The minimum absolute atomic E-state index is 0.0654. The summed E-state index contributed by atoms with van der Waals surface area (Å²) in [5.41, 5.74) is 0. The van der Waals surface area contributed by atoms with Crippen molar-refractivity contribution in [2.24, 2.45) is 0 Å². The van der Waals surface area contributed by atoms with Gasteiger partial charge in [-0.05, 0) is 44.9 Å². The molecule has 0 aromatic carbocycles. The van der Waals surface area contributed by atoms with Crippen molar-refractivity contribution in [2.75, 3.05) is 13.2 Å². The van der Waals surface area contributed by atoms with E-state index in [4.69, 9.17) is 14.2 Å². The van der Waals surface area contributed by atoms with Gasteiger partial charge in [0.15, 0.2) is 6.10 Å². The highest BCUT2D eigenvalue weighted by molar-refractivity contribution is 5.71. The summed E-state index contributed by atoms with van der Waals surface area (Å²) in [6, 6.07) is 0. The van der Waals surface area contributed by atoms with Crippen LogP contribution in [-0.4, -0.2) is 37.2 Å². The van der Waals surface area contributed by atoms with Crippen LogP contribution in [0.4, 0.5) is 0 Å². The van der Waals surface area contributed by atoms with Crippen LogP contribution in [0.1, 0.15) is 316 Å². The van der Waals surface area contributed by atoms with Gasteiger partial charge in [0.2, 0.25) is 0 Å². The summed E-state index contributed by atoms with van der Waals surface area (Å²) in [6.07, 6.45) is 59.1. The highest BCUT2D eigenvalue weighted by Gasteiger charge is 2.19. The monoisotopic (exact) mass is 889 g/mol. The van der Waals surface area contributed by atoms with E-state index in [-0.39, 0.29) is 31.1 Å². The number of rotatable bonds is 52. The molecule has 0 aromatic heterocycles. The van der Waals surface area contributed by atoms with Gasteiger partial charge in [-0.15, -0.1) is 0 Å². The number of hydrogen-bond donors (Lipinski definition) is 0. The van der Waals surface area contributed by atoms with E-state index in [1.807, 2.05) is 0 Å². The average molecular weight is 889 g/mol. The fraction of sp³-hybridized carbons (Fsp3) is 0.912. The zero-order valence-electron chi connectivity index (χ0n) is 42.6. The van der Waals surface area contributed by atoms with Gasteiger partial charge >= 0.3 is 17.9 Å². The summed E-state index contributed by atoms with van der Waals surface area (Å²) in [5, 5.41) is 0. The summed E-state index contributed by atoms with van der Waals surface area (Å²) in [4.78, 5) is 38.1. The Morgan fingerprint density at radius 2 is 0.524 bits per heavy atom. The van der Waals surface area contributed by atoms with Gasteiger partial charge in [-0.2, -0.15) is 0 Å². The molecule has 63 heavy (non-hydrogen) atoms. The third-order valence-corrected chi connectivity index (χ3v) is 12.8. The number of esters is 3. The molecule has 0 bridgehead atoms. The lowest BCUT2D eigenvalue weighted by molar-refractivity contribution is -0.167. The van der Waals surface area contributed by atoms with E-state index in [1.165, 1.54) is 218 Å². The minimum Gasteiger partial charge on any atom is -0.462 e. The van der Waals surface area contributed by atoms with Gasteiger partial charge in [0.1, 0.15) is 13.2 Å². The molecule has 372 valence electrons. The molecule has 0 fully saturated rings. The fourth-order valence-corrected chi connectivity index (χ4v) is 8.50. The molecule has 0 rings (SSSR count). The van der Waals surface area contributed by atoms with E-state index in [1.54, 1.807) is 0 Å². The molecule has 0 spiro atoms. The molecule has 0 unspecified atom stereocenters. The Morgan fingerprint density at radius 3 is 0.794 bits per heavy atom. The SMILES string of the molecule is CCCCCCCC/C=C/CCCCCCCCCC(=O)OC[C@@H](COC(=O)CCCCCCCCCCCCCCCC)OC(=O)CCCCCCCCCCCCCCCC. The molecule has 0 N–H and O–H groups in total. The van der Waals surface area contributed by atoms with Crippen molar-refractivity contribution in [1.82, 2.24) is 0 Å². The third-order valence-electron chi connectivity index (χ3n) is 12.8. The van der Waals surface area contributed by atoms with E-state index in [9.17, 15) is 14.4 Å². The lowest BCUT2D eigenvalue weighted by Gasteiger charge is -2.18. The van der Waals surface area contributed by atoms with Crippen LogP contribution >= 0.6 is 0 Å². The van der Waals surface area contributed by atoms with Gasteiger partial charge in [-0.1, -0.05) is 264 Å². The first-order chi connectivity index (χ1) is 31.0. The maximum absolute atomic E-state index is 12.8. The zero-order chi connectivity index (χ0) is 45.8. The predicted octanol–water partition coefficient (Wildman–Crippen LogP) is 18.5. The number of carbonyl (C=O) groups excluding carboxylic acids is 3. The van der Waals surface area contributed by atoms with Gasteiger partial charge in [0.25, 0.3) is 0 Å². The molecule has 6 nitrogen and oxygen atoms in total. The molecular formula is C57H108O6. The zero-order valence-corrected chi connectivity index (χ0v) is 42.6. The number of hydrogen-bond acceptors (Lipinski definition) is 6. The molecule has 0 saturated carbocycles. The first-order valence-electron chi connectivity index (χ1n) is 28.2. The first kappa shape index (κ1) is 61.1. The van der Waals surface area contributed by atoms with Gasteiger partial charge in [-0.3, -0.25) is 14.4 Å². The quantitative estimate of drug-likeness (QED) is 0.0262. The summed E-state index contributed by atoms with van der Waals surface area (Å²) in [5.74, 6) is -0.847. The van der Waals surface area contributed by atoms with Crippen molar-refractivity contribution in [1.29, 1.82) is 0 Å². The molecule has 0 amide bonds. The van der Waals surface area contributed by atoms with Crippen molar-refractivity contribution in [3.8, 4) is 0 Å². The Kier molecular flexibility index (Phi) is 51.2. The maximum atomic E-state index is 12.8. The van der Waals surface area contributed by atoms with Crippen LogP contribution in [0.2, 0.25) is 0 Å². The average Bonchev–Trinajstić information content (AvgIpc) is 3.28. The summed E-state index contributed by atoms with van der Waals surface area (Å²) in [7, 11) is 0. The molecule has 0 aliphatic carbocycles. The van der Waals surface area contributed by atoms with Crippen LogP contribution in [-0.2, 0) is 28.6 Å². The molecule has 1 atom stereocenters. The molecule has 0 aliphatic rings. The molecule has 6 heteroatoms. The normalized spacial score (nSPS) is 12.0. The van der Waals surface area contributed by atoms with Gasteiger partial charge in [0, 0.05) is 19.3 Å². The Morgan fingerprint density at radius 1 is 0.302 bits per heavy atom. The number of carbonyl (C=O) groups is 3. The lowest BCUT2D eigenvalue weighted by atomic mass is 10.0. The van der Waals surface area contributed by atoms with Crippen LogP contribution in [0.25, 0.3) is 0 Å². The highest BCUT2D eigenvalue weighted by atomic mass is 16.6. The van der Waals surface area contributed by atoms with Crippen molar-refractivity contribution < 1.29 is 28.6 Å². The van der Waals surface area contributed by atoms with E-state index < -0.39 is 6.10 Å². The lowest BCUT2D eigenvalue weighted by Crippen LogP contribution is -2.30. The second-order valence-corrected chi connectivity index (χ2v) is 19.2. The van der Waals surface area contributed by atoms with Gasteiger partial charge in [0.05, 0.1) is 0 Å². The Labute approximate surface area is 392 Å². The molecular weight excluding hydrogens is 781 g/mol. The third kappa shape index (κ3) is 51.0. The van der Waals surface area contributed by atoms with Crippen molar-refractivity contribution in [2.45, 2.75) is 322 Å². The molecule has 0 aliphatic heterocycles. The second kappa shape index (κ2) is 52.8. The van der Waals surface area contributed by atoms with E-state index >= 15 is 0 Å². The summed E-state index contributed by atoms with van der Waals surface area (Å²) >= 11 is 0. The summed E-state index contributed by atoms with van der Waals surface area (Å²) < 4.78 is 16.9. The largest absolute Gasteiger partial charge is 0.462 e.